The molecule has 112 valence electrons. The van der Waals surface area contributed by atoms with Crippen LogP contribution in [0.3, 0.4) is 0 Å². The van der Waals surface area contributed by atoms with Crippen LogP contribution in [-0.4, -0.2) is 17.4 Å². The molecule has 0 spiro atoms. The van der Waals surface area contributed by atoms with E-state index in [9.17, 15) is 4.79 Å². The summed E-state index contributed by atoms with van der Waals surface area (Å²) >= 11 is 5.91. The van der Waals surface area contributed by atoms with Crippen molar-refractivity contribution in [1.82, 2.24) is 10.3 Å². The lowest BCUT2D eigenvalue weighted by atomic mass is 10.1. The number of carbonyl (C=O) groups is 1. The van der Waals surface area contributed by atoms with Gasteiger partial charge in [0.15, 0.2) is 12.0 Å². The molecule has 0 aliphatic carbocycles. The van der Waals surface area contributed by atoms with Gasteiger partial charge in [0.25, 0.3) is 0 Å². The Morgan fingerprint density at radius 1 is 1.18 bits per heavy atom. The molecular weight excluding hydrogens is 300 g/mol. The van der Waals surface area contributed by atoms with Gasteiger partial charge in [0.2, 0.25) is 5.91 Å². The van der Waals surface area contributed by atoms with E-state index in [1.54, 1.807) is 12.1 Å². The van der Waals surface area contributed by atoms with Gasteiger partial charge in [0.05, 0.1) is 6.42 Å². The van der Waals surface area contributed by atoms with Gasteiger partial charge in [-0.15, -0.1) is 0 Å². The zero-order valence-electron chi connectivity index (χ0n) is 11.9. The number of benzene rings is 2. The van der Waals surface area contributed by atoms with Gasteiger partial charge in [-0.2, -0.15) is 0 Å². The zero-order chi connectivity index (χ0) is 15.4. The first kappa shape index (κ1) is 14.6. The molecule has 5 heteroatoms. The van der Waals surface area contributed by atoms with Crippen LogP contribution in [0, 0.1) is 0 Å². The fourth-order valence-corrected chi connectivity index (χ4v) is 2.51. The highest BCUT2D eigenvalue weighted by atomic mass is 35.5. The largest absolute Gasteiger partial charge is 0.443 e. The SMILES string of the molecule is O=C(Cc1cccc(Cl)c1)NCCc1ccc2ncoc2c1. The average molecular weight is 315 g/mol. The third-order valence-corrected chi connectivity index (χ3v) is 3.62. The lowest BCUT2D eigenvalue weighted by Crippen LogP contribution is -2.27. The zero-order valence-corrected chi connectivity index (χ0v) is 12.6. The van der Waals surface area contributed by atoms with E-state index in [0.29, 0.717) is 18.0 Å². The van der Waals surface area contributed by atoms with Crippen LogP contribution in [-0.2, 0) is 17.6 Å². The standard InChI is InChI=1S/C17H15ClN2O2/c18-14-3-1-2-13(8-14)10-17(21)19-7-6-12-4-5-15-16(9-12)22-11-20-15/h1-5,8-9,11H,6-7,10H2,(H,19,21). The summed E-state index contributed by atoms with van der Waals surface area (Å²) in [5.41, 5.74) is 3.62. The van der Waals surface area contributed by atoms with Gasteiger partial charge in [-0.25, -0.2) is 4.98 Å². The second-order valence-corrected chi connectivity index (χ2v) is 5.50. The van der Waals surface area contributed by atoms with Crippen molar-refractivity contribution in [3.8, 4) is 0 Å². The van der Waals surface area contributed by atoms with E-state index < -0.39 is 0 Å². The van der Waals surface area contributed by atoms with E-state index >= 15 is 0 Å². The molecule has 3 aromatic rings. The van der Waals surface area contributed by atoms with Crippen molar-refractivity contribution in [2.45, 2.75) is 12.8 Å². The summed E-state index contributed by atoms with van der Waals surface area (Å²) in [6.45, 7) is 0.582. The summed E-state index contributed by atoms with van der Waals surface area (Å²) in [4.78, 5) is 16.0. The molecule has 0 radical (unpaired) electrons. The molecule has 0 aliphatic heterocycles. The highest BCUT2D eigenvalue weighted by Gasteiger charge is 2.04. The van der Waals surface area contributed by atoms with Crippen molar-refractivity contribution in [3.05, 3.63) is 65.0 Å². The van der Waals surface area contributed by atoms with Crippen molar-refractivity contribution in [2.75, 3.05) is 6.54 Å². The van der Waals surface area contributed by atoms with E-state index in [1.165, 1.54) is 6.39 Å². The molecule has 4 nitrogen and oxygen atoms in total. The van der Waals surface area contributed by atoms with Gasteiger partial charge in [-0.3, -0.25) is 4.79 Å². The Hall–Kier alpha value is -2.33. The topological polar surface area (TPSA) is 55.1 Å². The molecule has 0 aliphatic rings. The summed E-state index contributed by atoms with van der Waals surface area (Å²) in [5, 5.41) is 3.56. The van der Waals surface area contributed by atoms with Gasteiger partial charge in [-0.1, -0.05) is 29.8 Å². The predicted molar refractivity (Wildman–Crippen MR) is 85.9 cm³/mol. The second-order valence-electron chi connectivity index (χ2n) is 5.06. The second kappa shape index (κ2) is 6.62. The number of hydrogen-bond acceptors (Lipinski definition) is 3. The molecule has 1 N–H and O–H groups in total. The minimum absolute atomic E-state index is 0.0111. The Morgan fingerprint density at radius 3 is 2.95 bits per heavy atom. The van der Waals surface area contributed by atoms with Crippen LogP contribution in [0.5, 0.6) is 0 Å². The van der Waals surface area contributed by atoms with Crippen molar-refractivity contribution in [2.24, 2.45) is 0 Å². The summed E-state index contributed by atoms with van der Waals surface area (Å²) < 4.78 is 5.27. The molecule has 0 unspecified atom stereocenters. The fraction of sp³-hybridized carbons (Fsp3) is 0.176. The van der Waals surface area contributed by atoms with Crippen molar-refractivity contribution < 1.29 is 9.21 Å². The minimum atomic E-state index is -0.0111. The smallest absolute Gasteiger partial charge is 0.224 e. The molecule has 0 saturated carbocycles. The number of amides is 1. The quantitative estimate of drug-likeness (QED) is 0.785. The third kappa shape index (κ3) is 3.65. The van der Waals surface area contributed by atoms with E-state index in [4.69, 9.17) is 16.0 Å². The van der Waals surface area contributed by atoms with Gasteiger partial charge in [-0.05, 0) is 41.8 Å². The van der Waals surface area contributed by atoms with E-state index in [-0.39, 0.29) is 5.91 Å². The summed E-state index contributed by atoms with van der Waals surface area (Å²) in [5.74, 6) is -0.0111. The molecule has 0 saturated heterocycles. The number of nitrogens with zero attached hydrogens (tertiary/aromatic N) is 1. The van der Waals surface area contributed by atoms with E-state index in [2.05, 4.69) is 10.3 Å². The number of nitrogens with one attached hydrogen (secondary N) is 1. The maximum atomic E-state index is 11.9. The number of rotatable bonds is 5. The first-order valence-corrected chi connectivity index (χ1v) is 7.42. The monoisotopic (exact) mass is 314 g/mol. The molecule has 22 heavy (non-hydrogen) atoms. The highest BCUT2D eigenvalue weighted by molar-refractivity contribution is 6.30. The molecule has 0 bridgehead atoms. The molecule has 1 heterocycles. The number of halogens is 1. The van der Waals surface area contributed by atoms with Crippen LogP contribution in [0.1, 0.15) is 11.1 Å². The number of oxazole rings is 1. The molecule has 0 atom stereocenters. The van der Waals surface area contributed by atoms with E-state index in [0.717, 1.165) is 28.6 Å². The Morgan fingerprint density at radius 2 is 2.09 bits per heavy atom. The Balaban J connectivity index is 1.50. The molecule has 2 aromatic carbocycles. The van der Waals surface area contributed by atoms with Crippen molar-refractivity contribution >= 4 is 28.6 Å². The van der Waals surface area contributed by atoms with Crippen LogP contribution in [0.4, 0.5) is 0 Å². The van der Waals surface area contributed by atoms with Crippen molar-refractivity contribution in [3.63, 3.8) is 0 Å². The first-order chi connectivity index (χ1) is 10.7. The fourth-order valence-electron chi connectivity index (χ4n) is 2.30. The average Bonchev–Trinajstić information content (AvgIpc) is 2.95. The predicted octanol–water partition coefficient (Wildman–Crippen LogP) is 3.38. The number of fused-ring (bicyclic) bond motifs is 1. The molecule has 0 fully saturated rings. The van der Waals surface area contributed by atoms with Gasteiger partial charge >= 0.3 is 0 Å². The third-order valence-electron chi connectivity index (χ3n) is 3.39. The Labute approximate surface area is 133 Å². The normalized spacial score (nSPS) is 10.8. The summed E-state index contributed by atoms with van der Waals surface area (Å²) in [6, 6.07) is 13.2. The van der Waals surface area contributed by atoms with Crippen LogP contribution < -0.4 is 5.32 Å². The highest BCUT2D eigenvalue weighted by Crippen LogP contribution is 2.14. The lowest BCUT2D eigenvalue weighted by molar-refractivity contribution is -0.120. The van der Waals surface area contributed by atoms with Crippen LogP contribution in [0.25, 0.3) is 11.1 Å². The molecular formula is C17H15ClN2O2. The molecule has 3 rings (SSSR count). The summed E-state index contributed by atoms with van der Waals surface area (Å²) in [7, 11) is 0. The molecule has 1 amide bonds. The minimum Gasteiger partial charge on any atom is -0.443 e. The maximum Gasteiger partial charge on any atom is 0.224 e. The van der Waals surface area contributed by atoms with Crippen LogP contribution in [0.15, 0.2) is 53.3 Å². The Kier molecular flexibility index (Phi) is 4.39. The van der Waals surface area contributed by atoms with Crippen LogP contribution >= 0.6 is 11.6 Å². The first-order valence-electron chi connectivity index (χ1n) is 7.04. The number of aromatic nitrogens is 1. The van der Waals surface area contributed by atoms with Gasteiger partial charge in [0, 0.05) is 11.6 Å². The number of carbonyl (C=O) groups excluding carboxylic acids is 1. The molecule has 1 aromatic heterocycles. The van der Waals surface area contributed by atoms with E-state index in [1.807, 2.05) is 30.3 Å². The van der Waals surface area contributed by atoms with Gasteiger partial charge < -0.3 is 9.73 Å². The number of hydrogen-bond donors (Lipinski definition) is 1. The maximum absolute atomic E-state index is 11.9. The van der Waals surface area contributed by atoms with Crippen molar-refractivity contribution in [1.29, 1.82) is 0 Å². The van der Waals surface area contributed by atoms with Gasteiger partial charge in [0.1, 0.15) is 5.52 Å². The lowest BCUT2D eigenvalue weighted by Gasteiger charge is -2.06. The Bertz CT molecular complexity index is 798. The summed E-state index contributed by atoms with van der Waals surface area (Å²) in [6.07, 6.45) is 2.51. The van der Waals surface area contributed by atoms with Crippen LogP contribution in [0.2, 0.25) is 5.02 Å².